The van der Waals surface area contributed by atoms with E-state index in [0.29, 0.717) is 12.0 Å². The molecule has 0 amide bonds. The smallest absolute Gasteiger partial charge is 0.409 e. The maximum atomic E-state index is 13.8. The minimum Gasteiger partial charge on any atom is -0.426 e. The fourth-order valence-corrected chi connectivity index (χ4v) is 2.59. The summed E-state index contributed by atoms with van der Waals surface area (Å²) in [5.41, 5.74) is -0.214. The van der Waals surface area contributed by atoms with E-state index in [1.165, 1.54) is 6.07 Å². The Morgan fingerprint density at radius 1 is 1.22 bits per heavy atom. The van der Waals surface area contributed by atoms with Crippen molar-refractivity contribution >= 4 is 12.0 Å². The van der Waals surface area contributed by atoms with Crippen molar-refractivity contribution in [1.29, 1.82) is 0 Å². The predicted molar refractivity (Wildman–Crippen MR) is 78.2 cm³/mol. The van der Waals surface area contributed by atoms with Crippen molar-refractivity contribution in [1.82, 2.24) is 0 Å². The Balaban J connectivity index is 2.00. The summed E-state index contributed by atoms with van der Waals surface area (Å²) in [6.45, 7) is 2.13. The van der Waals surface area contributed by atoms with Gasteiger partial charge in [-0.05, 0) is 49.8 Å². The van der Waals surface area contributed by atoms with Gasteiger partial charge in [0.05, 0.1) is 5.92 Å². The Kier molecular flexibility index (Phi) is 5.44. The van der Waals surface area contributed by atoms with E-state index < -0.39 is 18.0 Å². The molecule has 1 aliphatic rings. The van der Waals surface area contributed by atoms with Crippen molar-refractivity contribution < 1.29 is 27.1 Å². The molecule has 2 rings (SSSR count). The number of hydrogen-bond donors (Lipinski definition) is 0. The Hall–Kier alpha value is -1.85. The van der Waals surface area contributed by atoms with Crippen LogP contribution in [0.1, 0.15) is 38.2 Å². The summed E-state index contributed by atoms with van der Waals surface area (Å²) in [6.07, 6.45) is -0.506. The van der Waals surface area contributed by atoms with E-state index in [0.717, 1.165) is 37.8 Å². The number of halogens is 4. The number of benzene rings is 1. The van der Waals surface area contributed by atoms with Crippen molar-refractivity contribution in [2.45, 2.75) is 38.8 Å². The molecule has 0 N–H and O–H groups in total. The third-order valence-electron chi connectivity index (χ3n) is 3.99. The number of allylic oxidation sites excluding steroid dienone is 1. The van der Waals surface area contributed by atoms with Crippen LogP contribution in [0, 0.1) is 17.7 Å². The highest BCUT2D eigenvalue weighted by atomic mass is 19.4. The van der Waals surface area contributed by atoms with Crippen LogP contribution in [-0.2, 0) is 4.79 Å². The highest BCUT2D eigenvalue weighted by Crippen LogP contribution is 2.30. The van der Waals surface area contributed by atoms with Crippen LogP contribution >= 0.6 is 0 Å². The molecule has 1 aromatic rings. The molecular weight excluding hydrogens is 312 g/mol. The van der Waals surface area contributed by atoms with Gasteiger partial charge in [-0.25, -0.2) is 4.39 Å². The first kappa shape index (κ1) is 17.5. The van der Waals surface area contributed by atoms with Crippen LogP contribution in [0.15, 0.2) is 24.3 Å². The number of esters is 1. The lowest BCUT2D eigenvalue weighted by molar-refractivity contribution is -0.140. The molecule has 0 unspecified atom stereocenters. The van der Waals surface area contributed by atoms with Crippen LogP contribution in [0.2, 0.25) is 0 Å². The second-order valence-electron chi connectivity index (χ2n) is 5.94. The average molecular weight is 330 g/mol. The van der Waals surface area contributed by atoms with Gasteiger partial charge in [0.1, 0.15) is 11.6 Å². The van der Waals surface area contributed by atoms with Gasteiger partial charge >= 0.3 is 12.1 Å². The fraction of sp³-hybridized carbons (Fsp3) is 0.471. The summed E-state index contributed by atoms with van der Waals surface area (Å²) >= 11 is 0. The number of carbonyl (C=O) groups is 1. The highest BCUT2D eigenvalue weighted by molar-refractivity contribution is 5.75. The topological polar surface area (TPSA) is 26.3 Å². The Labute approximate surface area is 132 Å². The lowest BCUT2D eigenvalue weighted by Crippen LogP contribution is -2.25. The first-order valence-corrected chi connectivity index (χ1v) is 7.52. The highest BCUT2D eigenvalue weighted by Gasteiger charge is 2.26. The van der Waals surface area contributed by atoms with Crippen molar-refractivity contribution in [3.63, 3.8) is 0 Å². The summed E-state index contributed by atoms with van der Waals surface area (Å²) in [5.74, 6) is -0.867. The number of carbonyl (C=O) groups excluding carboxylic acids is 1. The Morgan fingerprint density at radius 3 is 2.43 bits per heavy atom. The average Bonchev–Trinajstić information content (AvgIpc) is 2.46. The van der Waals surface area contributed by atoms with Crippen LogP contribution in [0.25, 0.3) is 6.08 Å². The van der Waals surface area contributed by atoms with E-state index in [1.54, 1.807) is 0 Å². The summed E-state index contributed by atoms with van der Waals surface area (Å²) in [6, 6.07) is 3.38. The van der Waals surface area contributed by atoms with Crippen molar-refractivity contribution in [3.8, 4) is 5.75 Å². The van der Waals surface area contributed by atoms with Gasteiger partial charge in [0.2, 0.25) is 0 Å². The van der Waals surface area contributed by atoms with Crippen LogP contribution < -0.4 is 4.74 Å². The molecule has 0 spiro atoms. The summed E-state index contributed by atoms with van der Waals surface area (Å²) in [4.78, 5) is 12.0. The molecule has 0 bridgehead atoms. The van der Waals surface area contributed by atoms with Gasteiger partial charge in [-0.1, -0.05) is 6.92 Å². The molecule has 2 nitrogen and oxygen atoms in total. The van der Waals surface area contributed by atoms with E-state index in [-0.39, 0.29) is 23.3 Å². The fourth-order valence-electron chi connectivity index (χ4n) is 2.59. The zero-order valence-electron chi connectivity index (χ0n) is 12.7. The van der Waals surface area contributed by atoms with Gasteiger partial charge < -0.3 is 4.74 Å². The SMILES string of the molecule is CC1CCC(C(=O)Oc2ccc(/C=C/C(F)(F)F)c(F)c2)CC1. The molecule has 126 valence electrons. The molecule has 1 fully saturated rings. The van der Waals surface area contributed by atoms with E-state index in [4.69, 9.17) is 4.74 Å². The maximum absolute atomic E-state index is 13.8. The van der Waals surface area contributed by atoms with Crippen LogP contribution in [0.5, 0.6) is 5.75 Å². The number of alkyl halides is 3. The first-order valence-electron chi connectivity index (χ1n) is 7.52. The molecule has 0 saturated heterocycles. The predicted octanol–water partition coefficient (Wildman–Crippen LogP) is 5.13. The molecule has 0 radical (unpaired) electrons. The summed E-state index contributed by atoms with van der Waals surface area (Å²) in [5, 5.41) is 0. The van der Waals surface area contributed by atoms with Gasteiger partial charge in [0, 0.05) is 17.7 Å². The standard InChI is InChI=1S/C17H18F4O2/c1-11-2-4-13(5-3-11)16(22)23-14-7-6-12(15(18)10-14)8-9-17(19,20)21/h6-11,13H,2-5H2,1H3/b9-8+. The summed E-state index contributed by atoms with van der Waals surface area (Å²) < 4.78 is 55.1. The molecule has 6 heteroatoms. The van der Waals surface area contributed by atoms with Gasteiger partial charge in [-0.2, -0.15) is 13.2 Å². The lowest BCUT2D eigenvalue weighted by Gasteiger charge is -2.24. The van der Waals surface area contributed by atoms with Gasteiger partial charge in [-0.15, -0.1) is 0 Å². The van der Waals surface area contributed by atoms with Crippen LogP contribution in [-0.4, -0.2) is 12.1 Å². The van der Waals surface area contributed by atoms with Gasteiger partial charge in [0.15, 0.2) is 0 Å². The van der Waals surface area contributed by atoms with E-state index >= 15 is 0 Å². The van der Waals surface area contributed by atoms with E-state index in [2.05, 4.69) is 6.92 Å². The van der Waals surface area contributed by atoms with Crippen molar-refractivity contribution in [2.75, 3.05) is 0 Å². The number of ether oxygens (including phenoxy) is 1. The molecule has 1 saturated carbocycles. The molecule has 1 aromatic carbocycles. The Bertz CT molecular complexity index is 585. The minimum atomic E-state index is -4.50. The minimum absolute atomic E-state index is 0.00952. The number of hydrogen-bond acceptors (Lipinski definition) is 2. The van der Waals surface area contributed by atoms with Crippen molar-refractivity contribution in [2.24, 2.45) is 11.8 Å². The van der Waals surface area contributed by atoms with Gasteiger partial charge in [-0.3, -0.25) is 4.79 Å². The van der Waals surface area contributed by atoms with E-state index in [9.17, 15) is 22.4 Å². The molecular formula is C17H18F4O2. The van der Waals surface area contributed by atoms with Crippen molar-refractivity contribution in [3.05, 3.63) is 35.7 Å². The zero-order chi connectivity index (χ0) is 17.0. The molecule has 0 aromatic heterocycles. The quantitative estimate of drug-likeness (QED) is 0.436. The molecule has 23 heavy (non-hydrogen) atoms. The monoisotopic (exact) mass is 330 g/mol. The third kappa shape index (κ3) is 5.37. The lowest BCUT2D eigenvalue weighted by atomic mass is 9.83. The molecule has 0 atom stereocenters. The normalized spacial score (nSPS) is 22.3. The van der Waals surface area contributed by atoms with Crippen LogP contribution in [0.3, 0.4) is 0 Å². The number of rotatable bonds is 3. The summed E-state index contributed by atoms with van der Waals surface area (Å²) in [7, 11) is 0. The molecule has 0 heterocycles. The molecule has 0 aliphatic heterocycles. The molecule has 1 aliphatic carbocycles. The largest absolute Gasteiger partial charge is 0.426 e. The van der Waals surface area contributed by atoms with Crippen LogP contribution in [0.4, 0.5) is 17.6 Å². The third-order valence-corrected chi connectivity index (χ3v) is 3.99. The van der Waals surface area contributed by atoms with Gasteiger partial charge in [0.25, 0.3) is 0 Å². The van der Waals surface area contributed by atoms with E-state index in [1.807, 2.05) is 0 Å². The second-order valence-corrected chi connectivity index (χ2v) is 5.94. The zero-order valence-corrected chi connectivity index (χ0v) is 12.7. The second kappa shape index (κ2) is 7.15. The first-order chi connectivity index (χ1) is 10.7. The Morgan fingerprint density at radius 2 is 1.87 bits per heavy atom. The maximum Gasteiger partial charge on any atom is 0.409 e.